The number of hydrogen-bond donors (Lipinski definition) is 2. The molecule has 0 aromatic heterocycles. The lowest BCUT2D eigenvalue weighted by Gasteiger charge is -2.19. The molecule has 0 saturated carbocycles. The van der Waals surface area contributed by atoms with Crippen LogP contribution in [0.2, 0.25) is 0 Å². The van der Waals surface area contributed by atoms with Gasteiger partial charge in [-0.3, -0.25) is 14.9 Å². The van der Waals surface area contributed by atoms with Crippen molar-refractivity contribution in [2.45, 2.75) is 26.2 Å². The number of ether oxygens (including phenoxy) is 1. The molecule has 0 aliphatic rings. The van der Waals surface area contributed by atoms with Crippen LogP contribution in [0.4, 0.5) is 17.1 Å². The van der Waals surface area contributed by atoms with E-state index in [9.17, 15) is 19.7 Å². The van der Waals surface area contributed by atoms with Gasteiger partial charge in [0.15, 0.2) is 6.61 Å². The minimum Gasteiger partial charge on any atom is -0.452 e. The van der Waals surface area contributed by atoms with Crippen LogP contribution in [-0.2, 0) is 14.9 Å². The molecule has 0 spiro atoms. The average Bonchev–Trinajstić information content (AvgIpc) is 2.59. The second kappa shape index (κ2) is 7.86. The predicted molar refractivity (Wildman–Crippen MR) is 102 cm³/mol. The quantitative estimate of drug-likeness (QED) is 0.360. The van der Waals surface area contributed by atoms with Crippen molar-refractivity contribution in [3.8, 4) is 0 Å². The third kappa shape index (κ3) is 5.27. The molecule has 27 heavy (non-hydrogen) atoms. The van der Waals surface area contributed by atoms with Crippen molar-refractivity contribution in [2.24, 2.45) is 0 Å². The summed E-state index contributed by atoms with van der Waals surface area (Å²) in [6, 6.07) is 10.9. The fourth-order valence-electron chi connectivity index (χ4n) is 2.29. The first kappa shape index (κ1) is 19.9. The normalized spacial score (nSPS) is 10.9. The summed E-state index contributed by atoms with van der Waals surface area (Å²) in [5.74, 6) is -1.37. The van der Waals surface area contributed by atoms with E-state index < -0.39 is 29.1 Å². The van der Waals surface area contributed by atoms with Crippen LogP contribution in [0, 0.1) is 10.1 Å². The van der Waals surface area contributed by atoms with Gasteiger partial charge < -0.3 is 15.8 Å². The summed E-state index contributed by atoms with van der Waals surface area (Å²) in [6.07, 6.45) is 0. The Labute approximate surface area is 156 Å². The van der Waals surface area contributed by atoms with Crippen LogP contribution in [0.5, 0.6) is 0 Å². The van der Waals surface area contributed by atoms with Gasteiger partial charge in [0.1, 0.15) is 5.69 Å². The molecule has 0 aliphatic carbocycles. The van der Waals surface area contributed by atoms with E-state index in [2.05, 4.69) is 26.1 Å². The van der Waals surface area contributed by atoms with Crippen LogP contribution < -0.4 is 11.1 Å². The number of anilines is 2. The van der Waals surface area contributed by atoms with Crippen LogP contribution in [0.3, 0.4) is 0 Å². The second-order valence-electron chi connectivity index (χ2n) is 6.98. The molecule has 0 saturated heterocycles. The molecule has 142 valence electrons. The van der Waals surface area contributed by atoms with Crippen molar-refractivity contribution >= 4 is 28.9 Å². The molecule has 2 aromatic carbocycles. The summed E-state index contributed by atoms with van der Waals surface area (Å²) in [4.78, 5) is 34.1. The average molecular weight is 371 g/mol. The van der Waals surface area contributed by atoms with E-state index in [1.807, 2.05) is 12.1 Å². The fourth-order valence-corrected chi connectivity index (χ4v) is 2.29. The number of nitrogens with one attached hydrogen (secondary N) is 1. The Morgan fingerprint density at radius 2 is 1.78 bits per heavy atom. The van der Waals surface area contributed by atoms with Gasteiger partial charge in [0.25, 0.3) is 11.6 Å². The van der Waals surface area contributed by atoms with Crippen molar-refractivity contribution in [1.82, 2.24) is 0 Å². The zero-order valence-electron chi connectivity index (χ0n) is 15.3. The molecule has 8 nitrogen and oxygen atoms in total. The molecule has 0 fully saturated rings. The number of carbonyl (C=O) groups excluding carboxylic acids is 2. The van der Waals surface area contributed by atoms with Crippen LogP contribution in [0.15, 0.2) is 42.5 Å². The number of nitrogen functional groups attached to an aromatic ring is 1. The first-order valence-electron chi connectivity index (χ1n) is 8.19. The van der Waals surface area contributed by atoms with Gasteiger partial charge in [-0.15, -0.1) is 0 Å². The number of rotatable bonds is 5. The SMILES string of the molecule is CC(C)(C)c1ccc(NC(=O)COC(=O)c2ccc(N)c([N+](=O)[O-])c2)cc1. The summed E-state index contributed by atoms with van der Waals surface area (Å²) in [5, 5.41) is 13.5. The summed E-state index contributed by atoms with van der Waals surface area (Å²) in [5.41, 5.74) is 6.66. The molecule has 2 aromatic rings. The largest absolute Gasteiger partial charge is 0.452 e. The Morgan fingerprint density at radius 1 is 1.15 bits per heavy atom. The summed E-state index contributed by atoms with van der Waals surface area (Å²) in [7, 11) is 0. The van der Waals surface area contributed by atoms with E-state index in [0.717, 1.165) is 11.6 Å². The maximum Gasteiger partial charge on any atom is 0.338 e. The third-order valence-corrected chi connectivity index (χ3v) is 3.83. The molecule has 0 atom stereocenters. The third-order valence-electron chi connectivity index (χ3n) is 3.83. The zero-order valence-corrected chi connectivity index (χ0v) is 15.3. The predicted octanol–water partition coefficient (Wildman–Crippen LogP) is 3.27. The standard InChI is InChI=1S/C19H21N3O5/c1-19(2,3)13-5-7-14(8-6-13)21-17(23)11-27-18(24)12-4-9-15(20)16(10-12)22(25)26/h4-10H,11,20H2,1-3H3,(H,21,23). The Hall–Kier alpha value is -3.42. The van der Waals surface area contributed by atoms with Gasteiger partial charge in [-0.1, -0.05) is 32.9 Å². The number of carbonyl (C=O) groups is 2. The molecule has 0 bridgehead atoms. The number of amides is 1. The van der Waals surface area contributed by atoms with Gasteiger partial charge in [0.2, 0.25) is 0 Å². The molecular formula is C19H21N3O5. The van der Waals surface area contributed by atoms with Gasteiger partial charge in [-0.2, -0.15) is 0 Å². The lowest BCUT2D eigenvalue weighted by atomic mass is 9.87. The van der Waals surface area contributed by atoms with Crippen LogP contribution in [0.1, 0.15) is 36.7 Å². The first-order valence-corrected chi connectivity index (χ1v) is 8.19. The highest BCUT2D eigenvalue weighted by atomic mass is 16.6. The fraction of sp³-hybridized carbons (Fsp3) is 0.263. The van der Waals surface area contributed by atoms with Gasteiger partial charge in [0, 0.05) is 11.8 Å². The molecule has 2 rings (SSSR count). The maximum absolute atomic E-state index is 12.0. The number of esters is 1. The summed E-state index contributed by atoms with van der Waals surface area (Å²) in [6.45, 7) is 5.74. The van der Waals surface area contributed by atoms with Crippen molar-refractivity contribution in [3.63, 3.8) is 0 Å². The molecule has 8 heteroatoms. The van der Waals surface area contributed by atoms with Gasteiger partial charge in [0.05, 0.1) is 10.5 Å². The van der Waals surface area contributed by atoms with Crippen molar-refractivity contribution < 1.29 is 19.2 Å². The van der Waals surface area contributed by atoms with Crippen molar-refractivity contribution in [3.05, 3.63) is 63.7 Å². The number of nitrogens with two attached hydrogens (primary N) is 1. The lowest BCUT2D eigenvalue weighted by Crippen LogP contribution is -2.21. The van der Waals surface area contributed by atoms with E-state index in [1.165, 1.54) is 12.1 Å². The van der Waals surface area contributed by atoms with E-state index >= 15 is 0 Å². The Balaban J connectivity index is 1.94. The lowest BCUT2D eigenvalue weighted by molar-refractivity contribution is -0.383. The van der Waals surface area contributed by atoms with Crippen molar-refractivity contribution in [1.29, 1.82) is 0 Å². The number of nitro groups is 1. The zero-order chi connectivity index (χ0) is 20.2. The van der Waals surface area contributed by atoms with E-state index in [-0.39, 0.29) is 16.7 Å². The van der Waals surface area contributed by atoms with E-state index in [4.69, 9.17) is 10.5 Å². The number of nitrogens with zero attached hydrogens (tertiary/aromatic N) is 1. The second-order valence-corrected chi connectivity index (χ2v) is 6.98. The Morgan fingerprint density at radius 3 is 2.33 bits per heavy atom. The minimum absolute atomic E-state index is 0.000240. The Bertz CT molecular complexity index is 870. The smallest absolute Gasteiger partial charge is 0.338 e. The number of hydrogen-bond acceptors (Lipinski definition) is 6. The van der Waals surface area contributed by atoms with Crippen LogP contribution >= 0.6 is 0 Å². The van der Waals surface area contributed by atoms with Gasteiger partial charge >= 0.3 is 5.97 Å². The van der Waals surface area contributed by atoms with E-state index in [0.29, 0.717) is 5.69 Å². The molecule has 0 radical (unpaired) electrons. The minimum atomic E-state index is -0.851. The number of nitro benzene ring substituents is 1. The van der Waals surface area contributed by atoms with Crippen LogP contribution in [0.25, 0.3) is 0 Å². The molecule has 0 unspecified atom stereocenters. The summed E-state index contributed by atoms with van der Waals surface area (Å²) >= 11 is 0. The van der Waals surface area contributed by atoms with Gasteiger partial charge in [-0.25, -0.2) is 4.79 Å². The van der Waals surface area contributed by atoms with E-state index in [1.54, 1.807) is 12.1 Å². The number of benzene rings is 2. The van der Waals surface area contributed by atoms with Gasteiger partial charge in [-0.05, 0) is 35.2 Å². The highest BCUT2D eigenvalue weighted by molar-refractivity contribution is 5.96. The molecule has 1 amide bonds. The first-order chi connectivity index (χ1) is 12.6. The highest BCUT2D eigenvalue weighted by Crippen LogP contribution is 2.24. The topological polar surface area (TPSA) is 125 Å². The molecular weight excluding hydrogens is 350 g/mol. The Kier molecular flexibility index (Phi) is 5.79. The summed E-state index contributed by atoms with van der Waals surface area (Å²) < 4.78 is 4.90. The highest BCUT2D eigenvalue weighted by Gasteiger charge is 2.18. The maximum atomic E-state index is 12.0. The monoisotopic (exact) mass is 371 g/mol. The van der Waals surface area contributed by atoms with Crippen molar-refractivity contribution in [2.75, 3.05) is 17.7 Å². The van der Waals surface area contributed by atoms with Crippen LogP contribution in [-0.4, -0.2) is 23.4 Å². The molecule has 0 aliphatic heterocycles. The molecule has 3 N–H and O–H groups in total. The molecule has 0 heterocycles.